The van der Waals surface area contributed by atoms with E-state index in [4.69, 9.17) is 11.6 Å². The predicted molar refractivity (Wildman–Crippen MR) is 89.3 cm³/mol. The Morgan fingerprint density at radius 3 is 3.00 bits per heavy atom. The van der Waals surface area contributed by atoms with Gasteiger partial charge in [0.15, 0.2) is 0 Å². The number of amides is 1. The molecule has 1 heterocycles. The normalized spacial score (nSPS) is 10.6. The second kappa shape index (κ2) is 7.08. The van der Waals surface area contributed by atoms with Crippen LogP contribution in [-0.2, 0) is 6.54 Å². The van der Waals surface area contributed by atoms with Gasteiger partial charge < -0.3 is 5.32 Å². The summed E-state index contributed by atoms with van der Waals surface area (Å²) in [4.78, 5) is 12.3. The average Bonchev–Trinajstić information content (AvgIpc) is 2.86. The second-order valence-corrected chi connectivity index (χ2v) is 5.97. The third kappa shape index (κ3) is 3.73. The van der Waals surface area contributed by atoms with E-state index in [2.05, 4.69) is 39.9 Å². The number of nitrogens with zero attached hydrogens (tertiary/aromatic N) is 2. The lowest BCUT2D eigenvalue weighted by Gasteiger charge is -2.09. The van der Waals surface area contributed by atoms with E-state index >= 15 is 0 Å². The SMILES string of the molecule is CCCCn1nccc1NC(=O)c1cc(Cl)ccc1I. The molecule has 0 unspecified atom stereocenters. The van der Waals surface area contributed by atoms with E-state index in [-0.39, 0.29) is 5.91 Å². The Bertz CT molecular complexity index is 612. The number of unbranched alkanes of at least 4 members (excludes halogenated alkanes) is 1. The highest BCUT2D eigenvalue weighted by Crippen LogP contribution is 2.19. The first-order valence-electron chi connectivity index (χ1n) is 6.40. The van der Waals surface area contributed by atoms with Crippen molar-refractivity contribution < 1.29 is 4.79 Å². The van der Waals surface area contributed by atoms with Crippen molar-refractivity contribution in [3.05, 3.63) is 44.6 Å². The minimum atomic E-state index is -0.171. The van der Waals surface area contributed by atoms with Crippen LogP contribution in [0.2, 0.25) is 5.02 Å². The smallest absolute Gasteiger partial charge is 0.257 e. The molecular weight excluding hydrogens is 389 g/mol. The predicted octanol–water partition coefficient (Wildman–Crippen LogP) is 4.19. The van der Waals surface area contributed by atoms with Crippen molar-refractivity contribution in [2.45, 2.75) is 26.3 Å². The monoisotopic (exact) mass is 403 g/mol. The van der Waals surface area contributed by atoms with Crippen molar-refractivity contribution in [3.8, 4) is 0 Å². The van der Waals surface area contributed by atoms with Crippen LogP contribution in [0.4, 0.5) is 5.82 Å². The van der Waals surface area contributed by atoms with Gasteiger partial charge in [-0.05, 0) is 47.2 Å². The van der Waals surface area contributed by atoms with Gasteiger partial charge in [-0.2, -0.15) is 5.10 Å². The van der Waals surface area contributed by atoms with Crippen LogP contribution < -0.4 is 5.32 Å². The van der Waals surface area contributed by atoms with Crippen molar-refractivity contribution in [2.75, 3.05) is 5.32 Å². The van der Waals surface area contributed by atoms with Gasteiger partial charge in [-0.3, -0.25) is 4.79 Å². The molecule has 1 aromatic carbocycles. The standard InChI is InChI=1S/C14H15ClIN3O/c1-2-3-8-19-13(6-7-17-19)18-14(20)11-9-10(15)4-5-12(11)16/h4-7,9H,2-3,8H2,1H3,(H,18,20). The van der Waals surface area contributed by atoms with Crippen LogP contribution in [0.25, 0.3) is 0 Å². The summed E-state index contributed by atoms with van der Waals surface area (Å²) < 4.78 is 2.67. The van der Waals surface area contributed by atoms with Crippen molar-refractivity contribution in [1.82, 2.24) is 9.78 Å². The first-order chi connectivity index (χ1) is 9.61. The number of benzene rings is 1. The van der Waals surface area contributed by atoms with Gasteiger partial charge in [0.1, 0.15) is 5.82 Å². The van der Waals surface area contributed by atoms with Crippen LogP contribution in [0.1, 0.15) is 30.1 Å². The molecule has 1 aromatic heterocycles. The number of hydrogen-bond donors (Lipinski definition) is 1. The summed E-state index contributed by atoms with van der Waals surface area (Å²) in [5, 5.41) is 7.65. The fraction of sp³-hybridized carbons (Fsp3) is 0.286. The summed E-state index contributed by atoms with van der Waals surface area (Å²) in [5.41, 5.74) is 0.571. The Kier molecular flexibility index (Phi) is 5.42. The Labute approximate surface area is 136 Å². The molecule has 0 saturated heterocycles. The lowest BCUT2D eigenvalue weighted by molar-refractivity contribution is 0.102. The quantitative estimate of drug-likeness (QED) is 0.761. The van der Waals surface area contributed by atoms with E-state index < -0.39 is 0 Å². The number of hydrogen-bond acceptors (Lipinski definition) is 2. The summed E-state index contributed by atoms with van der Waals surface area (Å²) >= 11 is 8.06. The molecule has 20 heavy (non-hydrogen) atoms. The van der Waals surface area contributed by atoms with Crippen molar-refractivity contribution in [1.29, 1.82) is 0 Å². The highest BCUT2D eigenvalue weighted by atomic mass is 127. The average molecular weight is 404 g/mol. The van der Waals surface area contributed by atoms with Crippen molar-refractivity contribution in [3.63, 3.8) is 0 Å². The number of carbonyl (C=O) groups excluding carboxylic acids is 1. The van der Waals surface area contributed by atoms with Crippen LogP contribution in [0.5, 0.6) is 0 Å². The maximum absolute atomic E-state index is 12.3. The number of aryl methyl sites for hydroxylation is 1. The number of anilines is 1. The van der Waals surface area contributed by atoms with E-state index in [0.29, 0.717) is 16.4 Å². The van der Waals surface area contributed by atoms with Gasteiger partial charge in [0, 0.05) is 21.2 Å². The summed E-state index contributed by atoms with van der Waals surface area (Å²) in [6.07, 6.45) is 3.80. The molecule has 0 saturated carbocycles. The first kappa shape index (κ1) is 15.3. The molecule has 2 aromatic rings. The van der Waals surface area contributed by atoms with Gasteiger partial charge in [0.25, 0.3) is 5.91 Å². The van der Waals surface area contributed by atoms with Crippen LogP contribution in [0.3, 0.4) is 0 Å². The Morgan fingerprint density at radius 1 is 1.45 bits per heavy atom. The van der Waals surface area contributed by atoms with Gasteiger partial charge in [-0.25, -0.2) is 4.68 Å². The Hall–Kier alpha value is -1.08. The first-order valence-corrected chi connectivity index (χ1v) is 7.85. The maximum Gasteiger partial charge on any atom is 0.257 e. The number of carbonyl (C=O) groups is 1. The molecule has 0 atom stereocenters. The molecule has 106 valence electrons. The molecule has 0 spiro atoms. The zero-order chi connectivity index (χ0) is 14.5. The zero-order valence-corrected chi connectivity index (χ0v) is 14.0. The maximum atomic E-state index is 12.3. The van der Waals surface area contributed by atoms with Crippen molar-refractivity contribution >= 4 is 45.9 Å². The third-order valence-electron chi connectivity index (χ3n) is 2.85. The van der Waals surface area contributed by atoms with E-state index in [0.717, 1.165) is 23.0 Å². The number of nitrogens with one attached hydrogen (secondary N) is 1. The summed E-state index contributed by atoms with van der Waals surface area (Å²) in [7, 11) is 0. The van der Waals surface area contributed by atoms with E-state index in [1.807, 2.05) is 6.07 Å². The lowest BCUT2D eigenvalue weighted by Crippen LogP contribution is -2.17. The summed E-state index contributed by atoms with van der Waals surface area (Å²) in [5.74, 6) is 0.536. The fourth-order valence-corrected chi connectivity index (χ4v) is 2.53. The van der Waals surface area contributed by atoms with Gasteiger partial charge in [-0.1, -0.05) is 24.9 Å². The second-order valence-electron chi connectivity index (χ2n) is 4.37. The van der Waals surface area contributed by atoms with Crippen LogP contribution in [0, 0.1) is 3.57 Å². The van der Waals surface area contributed by atoms with Gasteiger partial charge >= 0.3 is 0 Å². The number of rotatable bonds is 5. The lowest BCUT2D eigenvalue weighted by atomic mass is 10.2. The van der Waals surface area contributed by atoms with Crippen molar-refractivity contribution in [2.24, 2.45) is 0 Å². The summed E-state index contributed by atoms with van der Waals surface area (Å²) in [6, 6.07) is 7.06. The van der Waals surface area contributed by atoms with Crippen LogP contribution >= 0.6 is 34.2 Å². The molecule has 0 fully saturated rings. The molecule has 1 amide bonds. The minimum absolute atomic E-state index is 0.171. The number of halogens is 2. The largest absolute Gasteiger partial charge is 0.307 e. The van der Waals surface area contributed by atoms with Gasteiger partial charge in [-0.15, -0.1) is 0 Å². The van der Waals surface area contributed by atoms with Crippen LogP contribution in [-0.4, -0.2) is 15.7 Å². The molecule has 6 heteroatoms. The zero-order valence-electron chi connectivity index (χ0n) is 11.1. The van der Waals surface area contributed by atoms with Gasteiger partial charge in [0.2, 0.25) is 0 Å². The Morgan fingerprint density at radius 2 is 2.25 bits per heavy atom. The molecule has 0 aliphatic heterocycles. The highest BCUT2D eigenvalue weighted by Gasteiger charge is 2.13. The highest BCUT2D eigenvalue weighted by molar-refractivity contribution is 14.1. The molecule has 0 aliphatic rings. The van der Waals surface area contributed by atoms with Crippen LogP contribution in [0.15, 0.2) is 30.5 Å². The molecule has 0 radical (unpaired) electrons. The molecular formula is C14H15ClIN3O. The fourth-order valence-electron chi connectivity index (χ4n) is 1.78. The van der Waals surface area contributed by atoms with E-state index in [1.165, 1.54) is 0 Å². The minimum Gasteiger partial charge on any atom is -0.307 e. The van der Waals surface area contributed by atoms with Gasteiger partial charge in [0.05, 0.1) is 11.8 Å². The molecule has 2 rings (SSSR count). The molecule has 0 aliphatic carbocycles. The molecule has 0 bridgehead atoms. The van der Waals surface area contributed by atoms with E-state index in [9.17, 15) is 4.79 Å². The number of aromatic nitrogens is 2. The van der Waals surface area contributed by atoms with E-state index in [1.54, 1.807) is 29.1 Å². The topological polar surface area (TPSA) is 46.9 Å². The summed E-state index contributed by atoms with van der Waals surface area (Å²) in [6.45, 7) is 2.92. The third-order valence-corrected chi connectivity index (χ3v) is 4.03. The molecule has 4 nitrogen and oxygen atoms in total. The Balaban J connectivity index is 2.15. The molecule has 1 N–H and O–H groups in total.